The number of hydrogen-bond donors (Lipinski definition) is 0. The second-order valence-corrected chi connectivity index (χ2v) is 5.67. The van der Waals surface area contributed by atoms with Gasteiger partial charge in [-0.3, -0.25) is 4.79 Å². The van der Waals surface area contributed by atoms with Crippen molar-refractivity contribution in [2.75, 3.05) is 20.8 Å². The minimum absolute atomic E-state index is 0.0421. The first-order chi connectivity index (χ1) is 10.7. The number of benzene rings is 1. The van der Waals surface area contributed by atoms with Gasteiger partial charge in [-0.25, -0.2) is 0 Å². The second-order valence-electron chi connectivity index (χ2n) is 5.67. The van der Waals surface area contributed by atoms with Gasteiger partial charge in [-0.2, -0.15) is 0 Å². The topological polar surface area (TPSA) is 38.8 Å². The van der Waals surface area contributed by atoms with Gasteiger partial charge in [0.15, 0.2) is 11.5 Å². The molecule has 1 aromatic rings. The minimum Gasteiger partial charge on any atom is -0.493 e. The second kappa shape index (κ2) is 7.87. The molecule has 4 heteroatoms. The molecule has 0 atom stereocenters. The normalized spacial score (nSPS) is 15.2. The van der Waals surface area contributed by atoms with E-state index in [0.717, 1.165) is 12.8 Å². The molecule has 0 saturated heterocycles. The summed E-state index contributed by atoms with van der Waals surface area (Å²) in [5.41, 5.74) is 0.635. The number of amides is 1. The lowest BCUT2D eigenvalue weighted by atomic mass is 9.94. The van der Waals surface area contributed by atoms with Crippen molar-refractivity contribution in [1.29, 1.82) is 0 Å². The van der Waals surface area contributed by atoms with E-state index in [9.17, 15) is 4.79 Å². The molecule has 0 unspecified atom stereocenters. The van der Waals surface area contributed by atoms with Crippen molar-refractivity contribution in [2.24, 2.45) is 0 Å². The van der Waals surface area contributed by atoms with Crippen LogP contribution in [0.2, 0.25) is 0 Å². The van der Waals surface area contributed by atoms with Gasteiger partial charge in [0, 0.05) is 18.7 Å². The van der Waals surface area contributed by atoms with Crippen LogP contribution in [0, 0.1) is 0 Å². The molecule has 22 heavy (non-hydrogen) atoms. The number of methoxy groups -OCH3 is 1. The molecule has 1 fully saturated rings. The highest BCUT2D eigenvalue weighted by Crippen LogP contribution is 2.29. The predicted octanol–water partition coefficient (Wildman–Crippen LogP) is 3.66. The van der Waals surface area contributed by atoms with Crippen LogP contribution in [0.15, 0.2) is 30.9 Å². The zero-order chi connectivity index (χ0) is 15.9. The van der Waals surface area contributed by atoms with E-state index in [2.05, 4.69) is 6.58 Å². The first-order valence-corrected chi connectivity index (χ1v) is 7.86. The fourth-order valence-corrected chi connectivity index (χ4v) is 2.91. The molecule has 4 nitrogen and oxygen atoms in total. The van der Waals surface area contributed by atoms with Gasteiger partial charge in [-0.15, -0.1) is 0 Å². The van der Waals surface area contributed by atoms with E-state index in [-0.39, 0.29) is 5.91 Å². The Bertz CT molecular complexity index is 521. The number of hydrogen-bond acceptors (Lipinski definition) is 3. The average molecular weight is 303 g/mol. The minimum atomic E-state index is 0.0421. The third-order valence-corrected chi connectivity index (χ3v) is 4.21. The lowest BCUT2D eigenvalue weighted by Gasteiger charge is -2.31. The Morgan fingerprint density at radius 2 is 2.05 bits per heavy atom. The molecule has 1 aliphatic carbocycles. The van der Waals surface area contributed by atoms with Crippen LogP contribution in [0.3, 0.4) is 0 Å². The Kier molecular flexibility index (Phi) is 5.87. The third-order valence-electron chi connectivity index (χ3n) is 4.21. The monoisotopic (exact) mass is 303 g/mol. The molecule has 0 bridgehead atoms. The van der Waals surface area contributed by atoms with E-state index in [1.165, 1.54) is 19.3 Å². The lowest BCUT2D eigenvalue weighted by Crippen LogP contribution is -2.38. The zero-order valence-corrected chi connectivity index (χ0v) is 13.5. The fourth-order valence-electron chi connectivity index (χ4n) is 2.91. The van der Waals surface area contributed by atoms with Gasteiger partial charge in [0.2, 0.25) is 0 Å². The van der Waals surface area contributed by atoms with Crippen LogP contribution < -0.4 is 9.47 Å². The van der Waals surface area contributed by atoms with Gasteiger partial charge in [0.25, 0.3) is 5.91 Å². The maximum atomic E-state index is 12.7. The van der Waals surface area contributed by atoms with Crippen molar-refractivity contribution < 1.29 is 14.3 Å². The SMILES string of the molecule is C=CCOc1ccc(C(=O)N(C)C2CCCCC2)cc1OC. The summed E-state index contributed by atoms with van der Waals surface area (Å²) in [7, 11) is 3.47. The number of nitrogens with zero attached hydrogens (tertiary/aromatic N) is 1. The van der Waals surface area contributed by atoms with Gasteiger partial charge in [-0.05, 0) is 31.0 Å². The molecule has 1 aromatic carbocycles. The number of ether oxygens (including phenoxy) is 2. The van der Waals surface area contributed by atoms with Gasteiger partial charge < -0.3 is 14.4 Å². The smallest absolute Gasteiger partial charge is 0.253 e. The van der Waals surface area contributed by atoms with E-state index < -0.39 is 0 Å². The first-order valence-electron chi connectivity index (χ1n) is 7.86. The first kappa shape index (κ1) is 16.4. The van der Waals surface area contributed by atoms with Crippen molar-refractivity contribution in [3.05, 3.63) is 36.4 Å². The van der Waals surface area contributed by atoms with Gasteiger partial charge in [0.1, 0.15) is 6.61 Å². The highest BCUT2D eigenvalue weighted by atomic mass is 16.5. The largest absolute Gasteiger partial charge is 0.493 e. The molecule has 1 amide bonds. The molecule has 120 valence electrons. The van der Waals surface area contributed by atoms with Crippen molar-refractivity contribution in [3.8, 4) is 11.5 Å². The highest BCUT2D eigenvalue weighted by molar-refractivity contribution is 5.95. The summed E-state index contributed by atoms with van der Waals surface area (Å²) in [5, 5.41) is 0. The molecular formula is C18H25NO3. The Morgan fingerprint density at radius 1 is 1.32 bits per heavy atom. The van der Waals surface area contributed by atoms with Crippen LogP contribution in [-0.4, -0.2) is 37.6 Å². The van der Waals surface area contributed by atoms with Crippen molar-refractivity contribution in [2.45, 2.75) is 38.1 Å². The average Bonchev–Trinajstić information content (AvgIpc) is 2.59. The molecule has 2 rings (SSSR count). The maximum absolute atomic E-state index is 12.7. The van der Waals surface area contributed by atoms with Crippen LogP contribution >= 0.6 is 0 Å². The number of carbonyl (C=O) groups excluding carboxylic acids is 1. The molecule has 0 aromatic heterocycles. The van der Waals surface area contributed by atoms with Crippen LogP contribution in [0.4, 0.5) is 0 Å². The molecule has 0 heterocycles. The molecule has 0 aliphatic heterocycles. The molecular weight excluding hydrogens is 278 g/mol. The fraction of sp³-hybridized carbons (Fsp3) is 0.500. The quantitative estimate of drug-likeness (QED) is 0.753. The van der Waals surface area contributed by atoms with E-state index in [1.807, 2.05) is 11.9 Å². The molecule has 0 N–H and O–H groups in total. The Labute approximate surface area is 132 Å². The Morgan fingerprint density at radius 3 is 2.68 bits per heavy atom. The summed E-state index contributed by atoms with van der Waals surface area (Å²) in [6, 6.07) is 5.68. The van der Waals surface area contributed by atoms with Crippen LogP contribution in [0.1, 0.15) is 42.5 Å². The van der Waals surface area contributed by atoms with Crippen molar-refractivity contribution in [1.82, 2.24) is 4.90 Å². The number of carbonyl (C=O) groups is 1. The molecule has 1 aliphatic rings. The van der Waals surface area contributed by atoms with Crippen molar-refractivity contribution in [3.63, 3.8) is 0 Å². The number of rotatable bonds is 6. The van der Waals surface area contributed by atoms with E-state index in [4.69, 9.17) is 9.47 Å². The Balaban J connectivity index is 2.13. The zero-order valence-electron chi connectivity index (χ0n) is 13.5. The molecule has 0 radical (unpaired) electrons. The van der Waals surface area contributed by atoms with Gasteiger partial charge >= 0.3 is 0 Å². The molecule has 0 spiro atoms. The Hall–Kier alpha value is -1.97. The van der Waals surface area contributed by atoms with Gasteiger partial charge in [-0.1, -0.05) is 31.9 Å². The van der Waals surface area contributed by atoms with Gasteiger partial charge in [0.05, 0.1) is 7.11 Å². The summed E-state index contributed by atoms with van der Waals surface area (Å²) < 4.78 is 10.8. The maximum Gasteiger partial charge on any atom is 0.253 e. The summed E-state index contributed by atoms with van der Waals surface area (Å²) in [4.78, 5) is 14.5. The third kappa shape index (κ3) is 3.81. The van der Waals surface area contributed by atoms with Crippen LogP contribution in [0.25, 0.3) is 0 Å². The summed E-state index contributed by atoms with van der Waals surface area (Å²) in [6.45, 7) is 4.03. The predicted molar refractivity (Wildman–Crippen MR) is 87.7 cm³/mol. The van der Waals surface area contributed by atoms with Crippen molar-refractivity contribution >= 4 is 5.91 Å². The highest BCUT2D eigenvalue weighted by Gasteiger charge is 2.23. The van der Waals surface area contributed by atoms with E-state index >= 15 is 0 Å². The summed E-state index contributed by atoms with van der Waals surface area (Å²) in [6.07, 6.45) is 7.57. The standard InChI is InChI=1S/C18H25NO3/c1-4-12-22-16-11-10-14(13-17(16)21-3)18(20)19(2)15-8-6-5-7-9-15/h4,10-11,13,15H,1,5-9,12H2,2-3H3. The van der Waals surface area contributed by atoms with E-state index in [1.54, 1.807) is 31.4 Å². The lowest BCUT2D eigenvalue weighted by molar-refractivity contribution is 0.0696. The van der Waals surface area contributed by atoms with Crippen LogP contribution in [-0.2, 0) is 0 Å². The van der Waals surface area contributed by atoms with E-state index in [0.29, 0.717) is 29.7 Å². The summed E-state index contributed by atoms with van der Waals surface area (Å²) in [5.74, 6) is 1.24. The summed E-state index contributed by atoms with van der Waals surface area (Å²) >= 11 is 0. The van der Waals surface area contributed by atoms with Crippen LogP contribution in [0.5, 0.6) is 11.5 Å². The molecule has 1 saturated carbocycles.